The van der Waals surface area contributed by atoms with E-state index in [0.717, 1.165) is 50.1 Å². The lowest BCUT2D eigenvalue weighted by Gasteiger charge is -2.33. The van der Waals surface area contributed by atoms with Gasteiger partial charge in [-0.2, -0.15) is 0 Å². The molecular weight excluding hydrogens is 296 g/mol. The molecule has 0 aromatic heterocycles. The van der Waals surface area contributed by atoms with Crippen LogP contribution in [-0.4, -0.2) is 65.9 Å². The van der Waals surface area contributed by atoms with Crippen molar-refractivity contribution in [3.8, 4) is 0 Å². The molecule has 0 radical (unpaired) electrons. The van der Waals surface area contributed by atoms with Crippen LogP contribution in [0.15, 0.2) is 0 Å². The van der Waals surface area contributed by atoms with Crippen molar-refractivity contribution in [2.45, 2.75) is 56.5 Å². The van der Waals surface area contributed by atoms with Gasteiger partial charge in [0.1, 0.15) is 12.1 Å². The normalized spacial score (nSPS) is 24.8. The molecule has 0 bridgehead atoms. The first-order valence-electron chi connectivity index (χ1n) is 8.64. The molecule has 7 nitrogen and oxygen atoms in total. The molecule has 0 atom stereocenters. The SMILES string of the molecule is CN(C(=O)CN1C(=O)NC2(CCCCC2)C1=O)C1CCNCC1. The second-order valence-corrected chi connectivity index (χ2v) is 6.95. The molecule has 3 rings (SSSR count). The van der Waals surface area contributed by atoms with Crippen molar-refractivity contribution >= 4 is 17.8 Å². The van der Waals surface area contributed by atoms with Crippen LogP contribution in [0, 0.1) is 0 Å². The predicted octanol–water partition coefficient (Wildman–Crippen LogP) is 0.451. The van der Waals surface area contributed by atoms with Crippen LogP contribution in [0.5, 0.6) is 0 Å². The average Bonchev–Trinajstić information content (AvgIpc) is 2.80. The van der Waals surface area contributed by atoms with Crippen LogP contribution in [0.3, 0.4) is 0 Å². The topological polar surface area (TPSA) is 81.8 Å². The number of imide groups is 1. The minimum absolute atomic E-state index is 0.146. The molecule has 128 valence electrons. The molecule has 2 heterocycles. The van der Waals surface area contributed by atoms with E-state index in [2.05, 4.69) is 10.6 Å². The summed E-state index contributed by atoms with van der Waals surface area (Å²) in [5, 5.41) is 6.12. The van der Waals surface area contributed by atoms with E-state index in [4.69, 9.17) is 0 Å². The van der Waals surface area contributed by atoms with Crippen LogP contribution in [0.4, 0.5) is 4.79 Å². The monoisotopic (exact) mass is 322 g/mol. The maximum Gasteiger partial charge on any atom is 0.325 e. The van der Waals surface area contributed by atoms with Gasteiger partial charge in [0.25, 0.3) is 5.91 Å². The van der Waals surface area contributed by atoms with Gasteiger partial charge in [-0.3, -0.25) is 14.5 Å². The Balaban J connectivity index is 1.63. The summed E-state index contributed by atoms with van der Waals surface area (Å²) in [5.74, 6) is -0.373. The van der Waals surface area contributed by atoms with Crippen molar-refractivity contribution in [2.24, 2.45) is 0 Å². The number of nitrogens with zero attached hydrogens (tertiary/aromatic N) is 2. The zero-order chi connectivity index (χ0) is 16.4. The maximum atomic E-state index is 12.7. The molecule has 3 fully saturated rings. The first-order chi connectivity index (χ1) is 11.0. The molecule has 0 aromatic rings. The van der Waals surface area contributed by atoms with Gasteiger partial charge in [0.05, 0.1) is 0 Å². The largest absolute Gasteiger partial charge is 0.341 e. The molecule has 0 unspecified atom stereocenters. The third-order valence-electron chi connectivity index (χ3n) is 5.50. The number of nitrogens with one attached hydrogen (secondary N) is 2. The molecule has 1 spiro atoms. The van der Waals surface area contributed by atoms with Crippen molar-refractivity contribution in [2.75, 3.05) is 26.7 Å². The van der Waals surface area contributed by atoms with Crippen LogP contribution in [-0.2, 0) is 9.59 Å². The molecule has 7 heteroatoms. The van der Waals surface area contributed by atoms with Crippen LogP contribution in [0.2, 0.25) is 0 Å². The van der Waals surface area contributed by atoms with Crippen LogP contribution in [0.25, 0.3) is 0 Å². The van der Waals surface area contributed by atoms with Gasteiger partial charge >= 0.3 is 6.03 Å². The van der Waals surface area contributed by atoms with Crippen LogP contribution in [0.1, 0.15) is 44.9 Å². The maximum absolute atomic E-state index is 12.7. The summed E-state index contributed by atoms with van der Waals surface area (Å²) < 4.78 is 0. The molecule has 2 N–H and O–H groups in total. The summed E-state index contributed by atoms with van der Waals surface area (Å²) >= 11 is 0. The van der Waals surface area contributed by atoms with Crippen LogP contribution >= 0.6 is 0 Å². The van der Waals surface area contributed by atoms with Gasteiger partial charge in [-0.05, 0) is 38.8 Å². The zero-order valence-corrected chi connectivity index (χ0v) is 13.8. The van der Waals surface area contributed by atoms with Crippen molar-refractivity contribution in [3.05, 3.63) is 0 Å². The number of carbonyl (C=O) groups is 3. The number of rotatable bonds is 3. The summed E-state index contributed by atoms with van der Waals surface area (Å²) in [5.41, 5.74) is -0.747. The summed E-state index contributed by atoms with van der Waals surface area (Å²) in [6, 6.07) is -0.225. The average molecular weight is 322 g/mol. The van der Waals surface area contributed by atoms with Crippen molar-refractivity contribution < 1.29 is 14.4 Å². The third-order valence-corrected chi connectivity index (χ3v) is 5.50. The fraction of sp³-hybridized carbons (Fsp3) is 0.812. The van der Waals surface area contributed by atoms with E-state index in [1.54, 1.807) is 11.9 Å². The summed E-state index contributed by atoms with van der Waals surface area (Å²) in [7, 11) is 1.77. The van der Waals surface area contributed by atoms with Gasteiger partial charge in [-0.15, -0.1) is 0 Å². The Morgan fingerprint density at radius 1 is 1.22 bits per heavy atom. The molecule has 2 saturated heterocycles. The minimum Gasteiger partial charge on any atom is -0.341 e. The molecule has 2 aliphatic heterocycles. The molecule has 1 aliphatic carbocycles. The molecule has 23 heavy (non-hydrogen) atoms. The van der Waals surface area contributed by atoms with E-state index in [9.17, 15) is 14.4 Å². The highest BCUT2D eigenvalue weighted by Crippen LogP contribution is 2.33. The highest BCUT2D eigenvalue weighted by molar-refractivity contribution is 6.09. The number of hydrogen-bond acceptors (Lipinski definition) is 4. The van der Waals surface area contributed by atoms with Gasteiger partial charge in [-0.1, -0.05) is 19.3 Å². The van der Waals surface area contributed by atoms with Gasteiger partial charge < -0.3 is 15.5 Å². The number of urea groups is 1. The second kappa shape index (κ2) is 6.47. The Kier molecular flexibility index (Phi) is 4.57. The van der Waals surface area contributed by atoms with Gasteiger partial charge in [0, 0.05) is 13.1 Å². The number of likely N-dealkylation sites (N-methyl/N-ethyl adjacent to an activating group) is 1. The predicted molar refractivity (Wildman–Crippen MR) is 84.7 cm³/mol. The summed E-state index contributed by atoms with van der Waals surface area (Å²) in [6.45, 7) is 1.65. The van der Waals surface area contributed by atoms with E-state index in [1.807, 2.05) is 0 Å². The van der Waals surface area contributed by atoms with Gasteiger partial charge in [-0.25, -0.2) is 4.79 Å². The minimum atomic E-state index is -0.747. The smallest absolute Gasteiger partial charge is 0.325 e. The molecular formula is C16H26N4O3. The highest BCUT2D eigenvalue weighted by atomic mass is 16.2. The lowest BCUT2D eigenvalue weighted by Crippen LogP contribution is -2.50. The third kappa shape index (κ3) is 3.06. The number of piperidine rings is 1. The summed E-state index contributed by atoms with van der Waals surface area (Å²) in [4.78, 5) is 40.2. The van der Waals surface area contributed by atoms with E-state index in [1.165, 1.54) is 0 Å². The first kappa shape index (κ1) is 16.2. The molecule has 0 aromatic carbocycles. The number of hydrogen-bond donors (Lipinski definition) is 2. The Bertz CT molecular complexity index is 496. The van der Waals surface area contributed by atoms with Gasteiger partial charge in [0.2, 0.25) is 5.91 Å². The first-order valence-corrected chi connectivity index (χ1v) is 8.64. The lowest BCUT2D eigenvalue weighted by molar-refractivity contribution is -0.140. The number of amides is 4. The number of carbonyl (C=O) groups excluding carboxylic acids is 3. The highest BCUT2D eigenvalue weighted by Gasteiger charge is 2.51. The van der Waals surface area contributed by atoms with Crippen molar-refractivity contribution in [1.29, 1.82) is 0 Å². The van der Waals surface area contributed by atoms with Gasteiger partial charge in [0.15, 0.2) is 0 Å². The second-order valence-electron chi connectivity index (χ2n) is 6.95. The summed E-state index contributed by atoms with van der Waals surface area (Å²) in [6.07, 6.45) is 6.19. The van der Waals surface area contributed by atoms with E-state index in [0.29, 0.717) is 12.8 Å². The standard InChI is InChI=1S/C16H26N4O3/c1-19(12-5-9-17-10-6-12)13(21)11-20-14(22)16(18-15(20)23)7-3-2-4-8-16/h12,17H,2-11H2,1H3,(H,18,23). The Morgan fingerprint density at radius 3 is 2.52 bits per heavy atom. The van der Waals surface area contributed by atoms with E-state index >= 15 is 0 Å². The lowest BCUT2D eigenvalue weighted by atomic mass is 9.82. The Morgan fingerprint density at radius 2 is 1.87 bits per heavy atom. The van der Waals surface area contributed by atoms with E-state index in [-0.39, 0.29) is 24.4 Å². The molecule has 4 amide bonds. The molecule has 3 aliphatic rings. The fourth-order valence-corrected chi connectivity index (χ4v) is 3.96. The van der Waals surface area contributed by atoms with E-state index < -0.39 is 11.6 Å². The van der Waals surface area contributed by atoms with Crippen molar-refractivity contribution in [3.63, 3.8) is 0 Å². The Hall–Kier alpha value is -1.63. The quantitative estimate of drug-likeness (QED) is 0.739. The van der Waals surface area contributed by atoms with Crippen LogP contribution < -0.4 is 10.6 Å². The fourth-order valence-electron chi connectivity index (χ4n) is 3.96. The van der Waals surface area contributed by atoms with Crippen molar-refractivity contribution in [1.82, 2.24) is 20.4 Å². The Labute approximate surface area is 136 Å². The molecule has 1 saturated carbocycles. The zero-order valence-electron chi connectivity index (χ0n) is 13.8.